The summed E-state index contributed by atoms with van der Waals surface area (Å²) in [5, 5.41) is 6.36. The van der Waals surface area contributed by atoms with Crippen LogP contribution in [0.5, 0.6) is 0 Å². The lowest BCUT2D eigenvalue weighted by atomic mass is 10.2. The minimum atomic E-state index is -0.278. The first-order valence-corrected chi connectivity index (χ1v) is 5.78. The maximum absolute atomic E-state index is 11.9. The molecule has 1 aliphatic heterocycles. The van der Waals surface area contributed by atoms with Gasteiger partial charge in [-0.1, -0.05) is 5.11 Å². The van der Waals surface area contributed by atoms with E-state index in [2.05, 4.69) is 15.3 Å². The Bertz CT molecular complexity index is 301. The van der Waals surface area contributed by atoms with E-state index < -0.39 is 0 Å². The zero-order chi connectivity index (χ0) is 12.7. The second-order valence-corrected chi connectivity index (χ2v) is 4.24. The van der Waals surface area contributed by atoms with E-state index in [-0.39, 0.29) is 18.0 Å². The van der Waals surface area contributed by atoms with Crippen LogP contribution >= 0.6 is 0 Å². The van der Waals surface area contributed by atoms with E-state index in [0.717, 1.165) is 0 Å². The van der Waals surface area contributed by atoms with Gasteiger partial charge in [-0.15, -0.1) is 0 Å². The van der Waals surface area contributed by atoms with Gasteiger partial charge in [0.1, 0.15) is 6.04 Å². The average molecular weight is 241 g/mol. The van der Waals surface area contributed by atoms with Gasteiger partial charge in [0, 0.05) is 30.6 Å². The van der Waals surface area contributed by atoms with Crippen LogP contribution in [-0.4, -0.2) is 55.7 Å². The molecule has 1 N–H and O–H groups in total. The van der Waals surface area contributed by atoms with E-state index in [1.54, 1.807) is 0 Å². The fourth-order valence-electron chi connectivity index (χ4n) is 1.75. The van der Waals surface area contributed by atoms with Crippen molar-refractivity contribution in [1.29, 1.82) is 0 Å². The van der Waals surface area contributed by atoms with Gasteiger partial charge in [-0.2, -0.15) is 0 Å². The van der Waals surface area contributed by atoms with Gasteiger partial charge in [0.25, 0.3) is 0 Å². The predicted molar refractivity (Wildman–Crippen MR) is 63.5 cm³/mol. The van der Waals surface area contributed by atoms with Gasteiger partial charge < -0.3 is 10.1 Å². The number of hydrogen-bond acceptors (Lipinski definition) is 4. The van der Waals surface area contributed by atoms with Gasteiger partial charge in [0.05, 0.1) is 13.2 Å². The molecule has 1 atom stereocenters. The molecule has 0 bridgehead atoms. The molecule has 17 heavy (non-hydrogen) atoms. The molecule has 0 saturated carbocycles. The van der Waals surface area contributed by atoms with Crippen LogP contribution in [0.4, 0.5) is 0 Å². The zero-order valence-corrected chi connectivity index (χ0v) is 10.3. The van der Waals surface area contributed by atoms with Gasteiger partial charge in [-0.25, -0.2) is 0 Å². The van der Waals surface area contributed by atoms with Gasteiger partial charge >= 0.3 is 0 Å². The largest absolute Gasteiger partial charge is 0.378 e. The second-order valence-electron chi connectivity index (χ2n) is 4.24. The first-order valence-electron chi connectivity index (χ1n) is 5.78. The Hall–Kier alpha value is -1.30. The standard InChI is InChI=1S/C10H19N5O2/c1-8(2)13-10(16)9-7-17-6-5-15(9)4-3-12-14-11/h8-9H,3-7H2,1-2H3,(H,13,16). The molecule has 0 aromatic carbocycles. The average Bonchev–Trinajstić information content (AvgIpc) is 2.29. The highest BCUT2D eigenvalue weighted by Crippen LogP contribution is 2.07. The molecule has 0 spiro atoms. The molecule has 0 aromatic heterocycles. The van der Waals surface area contributed by atoms with E-state index >= 15 is 0 Å². The monoisotopic (exact) mass is 241 g/mol. The SMILES string of the molecule is CC(C)NC(=O)C1COCCN1CCN=[N+]=[N-]. The van der Waals surface area contributed by atoms with Gasteiger partial charge in [0.2, 0.25) is 5.91 Å². The second kappa shape index (κ2) is 7.11. The number of rotatable bonds is 5. The molecular weight excluding hydrogens is 222 g/mol. The van der Waals surface area contributed by atoms with Crippen LogP contribution in [-0.2, 0) is 9.53 Å². The van der Waals surface area contributed by atoms with Crippen molar-refractivity contribution in [2.45, 2.75) is 25.9 Å². The Kier molecular flexibility index (Phi) is 5.76. The number of amides is 1. The number of morpholine rings is 1. The van der Waals surface area contributed by atoms with Crippen molar-refractivity contribution >= 4 is 5.91 Å². The first kappa shape index (κ1) is 13.8. The third kappa shape index (κ3) is 4.60. The summed E-state index contributed by atoms with van der Waals surface area (Å²) < 4.78 is 5.32. The first-order chi connectivity index (χ1) is 8.15. The summed E-state index contributed by atoms with van der Waals surface area (Å²) >= 11 is 0. The zero-order valence-electron chi connectivity index (χ0n) is 10.3. The van der Waals surface area contributed by atoms with E-state index in [1.807, 2.05) is 18.7 Å². The third-order valence-electron chi connectivity index (χ3n) is 2.52. The van der Waals surface area contributed by atoms with Crippen LogP contribution in [0, 0.1) is 0 Å². The van der Waals surface area contributed by atoms with Crippen molar-refractivity contribution in [3.05, 3.63) is 10.4 Å². The predicted octanol–water partition coefficient (Wildman–Crippen LogP) is 0.522. The molecule has 96 valence electrons. The van der Waals surface area contributed by atoms with Crippen LogP contribution in [0.3, 0.4) is 0 Å². The summed E-state index contributed by atoms with van der Waals surface area (Å²) in [6, 6.07) is -0.163. The lowest BCUT2D eigenvalue weighted by Crippen LogP contribution is -2.55. The van der Waals surface area contributed by atoms with Crippen LogP contribution in [0.15, 0.2) is 5.11 Å². The quantitative estimate of drug-likeness (QED) is 0.432. The fourth-order valence-corrected chi connectivity index (χ4v) is 1.75. The van der Waals surface area contributed by atoms with Crippen LogP contribution in [0.2, 0.25) is 0 Å². The van der Waals surface area contributed by atoms with Crippen molar-refractivity contribution in [1.82, 2.24) is 10.2 Å². The summed E-state index contributed by atoms with van der Waals surface area (Å²) in [6.45, 7) is 6.51. The van der Waals surface area contributed by atoms with E-state index in [4.69, 9.17) is 10.3 Å². The Morgan fingerprint density at radius 2 is 2.47 bits per heavy atom. The summed E-state index contributed by atoms with van der Waals surface area (Å²) in [5.74, 6) is -0.0272. The third-order valence-corrected chi connectivity index (χ3v) is 2.52. The van der Waals surface area contributed by atoms with Gasteiger partial charge in [-0.05, 0) is 19.4 Å². The highest BCUT2D eigenvalue weighted by Gasteiger charge is 2.28. The molecule has 0 aliphatic carbocycles. The molecule has 7 heteroatoms. The van der Waals surface area contributed by atoms with Gasteiger partial charge in [0.15, 0.2) is 0 Å². The smallest absolute Gasteiger partial charge is 0.239 e. The Morgan fingerprint density at radius 3 is 3.12 bits per heavy atom. The van der Waals surface area contributed by atoms with Gasteiger partial charge in [-0.3, -0.25) is 9.69 Å². The minimum absolute atomic E-state index is 0.0272. The summed E-state index contributed by atoms with van der Waals surface area (Å²) in [6.07, 6.45) is 0. The number of carbonyl (C=O) groups is 1. The van der Waals surface area contributed by atoms with E-state index in [1.165, 1.54) is 0 Å². The van der Waals surface area contributed by atoms with Crippen molar-refractivity contribution in [2.24, 2.45) is 5.11 Å². The van der Waals surface area contributed by atoms with Crippen molar-refractivity contribution in [2.75, 3.05) is 32.8 Å². The number of azide groups is 1. The molecule has 1 heterocycles. The molecule has 1 saturated heterocycles. The summed E-state index contributed by atoms with van der Waals surface area (Å²) in [7, 11) is 0. The van der Waals surface area contributed by atoms with Crippen molar-refractivity contribution in [3.8, 4) is 0 Å². The Balaban J connectivity index is 2.52. The normalized spacial score (nSPS) is 21.0. The van der Waals surface area contributed by atoms with Crippen LogP contribution < -0.4 is 5.32 Å². The van der Waals surface area contributed by atoms with E-state index in [9.17, 15) is 4.79 Å². The Labute approximate surface area is 101 Å². The molecule has 1 fully saturated rings. The number of hydrogen-bond donors (Lipinski definition) is 1. The Morgan fingerprint density at radius 1 is 1.71 bits per heavy atom. The number of ether oxygens (including phenoxy) is 1. The topological polar surface area (TPSA) is 90.3 Å². The molecule has 7 nitrogen and oxygen atoms in total. The maximum atomic E-state index is 11.9. The number of nitrogens with one attached hydrogen (secondary N) is 1. The van der Waals surface area contributed by atoms with Crippen LogP contribution in [0.1, 0.15) is 13.8 Å². The molecule has 1 unspecified atom stereocenters. The van der Waals surface area contributed by atoms with E-state index in [0.29, 0.717) is 32.8 Å². The lowest BCUT2D eigenvalue weighted by Gasteiger charge is -2.34. The maximum Gasteiger partial charge on any atom is 0.239 e. The molecule has 1 rings (SSSR count). The number of carbonyl (C=O) groups excluding carboxylic acids is 1. The fraction of sp³-hybridized carbons (Fsp3) is 0.900. The lowest BCUT2D eigenvalue weighted by molar-refractivity contribution is -0.132. The van der Waals surface area contributed by atoms with Crippen LogP contribution in [0.25, 0.3) is 10.4 Å². The summed E-state index contributed by atoms with van der Waals surface area (Å²) in [5.41, 5.74) is 8.23. The molecular formula is C10H19N5O2. The van der Waals surface area contributed by atoms with Crippen molar-refractivity contribution in [3.63, 3.8) is 0 Å². The highest BCUT2D eigenvalue weighted by atomic mass is 16.5. The molecule has 1 aliphatic rings. The molecule has 1 amide bonds. The number of nitrogens with zero attached hydrogens (tertiary/aromatic N) is 4. The summed E-state index contributed by atoms with van der Waals surface area (Å²) in [4.78, 5) is 16.6. The minimum Gasteiger partial charge on any atom is -0.378 e. The molecule has 0 radical (unpaired) electrons. The van der Waals surface area contributed by atoms with Crippen molar-refractivity contribution < 1.29 is 9.53 Å². The highest BCUT2D eigenvalue weighted by molar-refractivity contribution is 5.82. The molecule has 0 aromatic rings.